The molecule has 116 valence electrons. The molecule has 1 aromatic heterocycles. The first-order valence-corrected chi connectivity index (χ1v) is 6.79. The van der Waals surface area contributed by atoms with E-state index in [1.165, 1.54) is 0 Å². The quantitative estimate of drug-likeness (QED) is 0.853. The van der Waals surface area contributed by atoms with Gasteiger partial charge in [-0.3, -0.25) is 4.90 Å². The minimum absolute atomic E-state index is 0. The van der Waals surface area contributed by atoms with Crippen LogP contribution >= 0.6 is 12.4 Å². The maximum atomic E-state index is 5.90. The lowest BCUT2D eigenvalue weighted by atomic mass is 10.2. The van der Waals surface area contributed by atoms with E-state index < -0.39 is 0 Å². The van der Waals surface area contributed by atoms with Crippen molar-refractivity contribution < 1.29 is 9.15 Å². The van der Waals surface area contributed by atoms with Gasteiger partial charge < -0.3 is 14.5 Å². The smallest absolute Gasteiger partial charge is 0.134 e. The molecule has 0 aliphatic rings. The minimum Gasteiger partial charge on any atom is -0.497 e. The standard InChI is InChI=1S/C16H22N2O2.ClH/c1-17-9-10-18(2)12-15-7-8-16(20-15)13-5-4-6-14(11-13)19-3;/h4-8,11,17H,9-10,12H2,1-3H3;1H. The summed E-state index contributed by atoms with van der Waals surface area (Å²) in [6, 6.07) is 11.9. The fourth-order valence-corrected chi connectivity index (χ4v) is 2.04. The summed E-state index contributed by atoms with van der Waals surface area (Å²) in [5.74, 6) is 2.69. The van der Waals surface area contributed by atoms with Gasteiger partial charge in [-0.25, -0.2) is 0 Å². The summed E-state index contributed by atoms with van der Waals surface area (Å²) in [6.45, 7) is 2.78. The summed E-state index contributed by atoms with van der Waals surface area (Å²) in [5.41, 5.74) is 1.04. The largest absolute Gasteiger partial charge is 0.497 e. The molecule has 0 spiro atoms. The highest BCUT2D eigenvalue weighted by Crippen LogP contribution is 2.26. The first-order chi connectivity index (χ1) is 9.72. The summed E-state index contributed by atoms with van der Waals surface area (Å²) in [4.78, 5) is 2.23. The molecule has 0 bridgehead atoms. The van der Waals surface area contributed by atoms with E-state index in [4.69, 9.17) is 9.15 Å². The molecular formula is C16H23ClN2O2. The Morgan fingerprint density at radius 2 is 2.05 bits per heavy atom. The highest BCUT2D eigenvalue weighted by atomic mass is 35.5. The number of halogens is 1. The molecule has 21 heavy (non-hydrogen) atoms. The fourth-order valence-electron chi connectivity index (χ4n) is 2.04. The molecular weight excluding hydrogens is 288 g/mol. The van der Waals surface area contributed by atoms with Crippen LogP contribution < -0.4 is 10.1 Å². The van der Waals surface area contributed by atoms with Gasteiger partial charge in [0.25, 0.3) is 0 Å². The zero-order valence-electron chi connectivity index (χ0n) is 12.8. The molecule has 0 atom stereocenters. The molecule has 2 aromatic rings. The number of hydrogen-bond donors (Lipinski definition) is 1. The third-order valence-corrected chi connectivity index (χ3v) is 3.19. The van der Waals surface area contributed by atoms with E-state index in [9.17, 15) is 0 Å². The van der Waals surface area contributed by atoms with Gasteiger partial charge in [0.15, 0.2) is 0 Å². The van der Waals surface area contributed by atoms with Gasteiger partial charge in [0.2, 0.25) is 0 Å². The Balaban J connectivity index is 0.00000220. The Morgan fingerprint density at radius 3 is 2.76 bits per heavy atom. The average Bonchev–Trinajstić information content (AvgIpc) is 2.93. The lowest BCUT2D eigenvalue weighted by molar-refractivity contribution is 0.298. The minimum atomic E-state index is 0. The summed E-state index contributed by atoms with van der Waals surface area (Å²) < 4.78 is 11.1. The van der Waals surface area contributed by atoms with E-state index in [0.29, 0.717) is 0 Å². The summed E-state index contributed by atoms with van der Waals surface area (Å²) in [6.07, 6.45) is 0. The Morgan fingerprint density at radius 1 is 1.24 bits per heavy atom. The molecule has 0 aliphatic carbocycles. The second-order valence-electron chi connectivity index (χ2n) is 4.84. The molecule has 4 nitrogen and oxygen atoms in total. The monoisotopic (exact) mass is 310 g/mol. The lowest BCUT2D eigenvalue weighted by Crippen LogP contribution is -2.26. The van der Waals surface area contributed by atoms with E-state index >= 15 is 0 Å². The van der Waals surface area contributed by atoms with E-state index in [2.05, 4.69) is 17.3 Å². The highest BCUT2D eigenvalue weighted by molar-refractivity contribution is 5.85. The van der Waals surface area contributed by atoms with Crippen LogP contribution in [0.1, 0.15) is 5.76 Å². The van der Waals surface area contributed by atoms with Crippen LogP contribution in [0, 0.1) is 0 Å². The van der Waals surface area contributed by atoms with Crippen LogP contribution in [-0.4, -0.2) is 39.2 Å². The zero-order chi connectivity index (χ0) is 14.4. The molecule has 1 aromatic carbocycles. The lowest BCUT2D eigenvalue weighted by Gasteiger charge is -2.14. The molecule has 0 amide bonds. The number of methoxy groups -OCH3 is 1. The summed E-state index contributed by atoms with van der Waals surface area (Å²) in [5, 5.41) is 3.14. The van der Waals surface area contributed by atoms with Crippen LogP contribution in [0.15, 0.2) is 40.8 Å². The second kappa shape index (κ2) is 8.72. The number of rotatable bonds is 7. The third kappa shape index (κ3) is 5.08. The molecule has 0 radical (unpaired) electrons. The molecule has 0 unspecified atom stereocenters. The van der Waals surface area contributed by atoms with Gasteiger partial charge in [-0.05, 0) is 38.4 Å². The topological polar surface area (TPSA) is 37.6 Å². The first-order valence-electron chi connectivity index (χ1n) is 6.79. The Hall–Kier alpha value is -1.49. The van der Waals surface area contributed by atoms with E-state index in [1.807, 2.05) is 43.4 Å². The van der Waals surface area contributed by atoms with Crippen molar-refractivity contribution in [3.63, 3.8) is 0 Å². The molecule has 2 rings (SSSR count). The van der Waals surface area contributed by atoms with Crippen LogP contribution in [-0.2, 0) is 6.54 Å². The molecule has 0 fully saturated rings. The normalized spacial score (nSPS) is 10.5. The van der Waals surface area contributed by atoms with Gasteiger partial charge in [-0.2, -0.15) is 0 Å². The van der Waals surface area contributed by atoms with Crippen molar-refractivity contribution in [1.82, 2.24) is 10.2 Å². The number of nitrogens with one attached hydrogen (secondary N) is 1. The predicted molar refractivity (Wildman–Crippen MR) is 88.2 cm³/mol. The fraction of sp³-hybridized carbons (Fsp3) is 0.375. The SMILES string of the molecule is CNCCN(C)Cc1ccc(-c2cccc(OC)c2)o1.Cl. The summed E-state index contributed by atoms with van der Waals surface area (Å²) in [7, 11) is 5.72. The highest BCUT2D eigenvalue weighted by Gasteiger charge is 2.07. The van der Waals surface area contributed by atoms with Crippen molar-refractivity contribution in [2.75, 3.05) is 34.3 Å². The van der Waals surface area contributed by atoms with Gasteiger partial charge in [-0.15, -0.1) is 12.4 Å². The maximum absolute atomic E-state index is 5.90. The number of benzene rings is 1. The predicted octanol–water partition coefficient (Wildman–Crippen LogP) is 3.03. The molecule has 0 aliphatic heterocycles. The van der Waals surface area contributed by atoms with Crippen LogP contribution in [0.5, 0.6) is 5.75 Å². The molecule has 5 heteroatoms. The Bertz CT molecular complexity index is 543. The molecule has 1 heterocycles. The van der Waals surface area contributed by atoms with Gasteiger partial charge in [0.1, 0.15) is 17.3 Å². The van der Waals surface area contributed by atoms with Crippen LogP contribution in [0.3, 0.4) is 0 Å². The van der Waals surface area contributed by atoms with Crippen LogP contribution in [0.2, 0.25) is 0 Å². The van der Waals surface area contributed by atoms with Gasteiger partial charge in [0.05, 0.1) is 13.7 Å². The molecule has 1 N–H and O–H groups in total. The van der Waals surface area contributed by atoms with E-state index in [-0.39, 0.29) is 12.4 Å². The van der Waals surface area contributed by atoms with Crippen molar-refractivity contribution >= 4 is 12.4 Å². The number of furan rings is 1. The number of likely N-dealkylation sites (N-methyl/N-ethyl adjacent to an activating group) is 2. The molecule has 0 saturated carbocycles. The summed E-state index contributed by atoms with van der Waals surface area (Å²) >= 11 is 0. The number of hydrogen-bond acceptors (Lipinski definition) is 4. The Kier molecular flexibility index (Phi) is 7.29. The number of ether oxygens (including phenoxy) is 1. The van der Waals surface area contributed by atoms with E-state index in [1.54, 1.807) is 7.11 Å². The van der Waals surface area contributed by atoms with Crippen molar-refractivity contribution in [1.29, 1.82) is 0 Å². The zero-order valence-corrected chi connectivity index (χ0v) is 13.6. The van der Waals surface area contributed by atoms with Crippen LogP contribution in [0.4, 0.5) is 0 Å². The van der Waals surface area contributed by atoms with Gasteiger partial charge >= 0.3 is 0 Å². The van der Waals surface area contributed by atoms with Crippen molar-refractivity contribution in [2.24, 2.45) is 0 Å². The first kappa shape index (κ1) is 17.6. The average molecular weight is 311 g/mol. The second-order valence-corrected chi connectivity index (χ2v) is 4.84. The van der Waals surface area contributed by atoms with Crippen molar-refractivity contribution in [2.45, 2.75) is 6.54 Å². The molecule has 0 saturated heterocycles. The van der Waals surface area contributed by atoms with Gasteiger partial charge in [-0.1, -0.05) is 12.1 Å². The van der Waals surface area contributed by atoms with Crippen LogP contribution in [0.25, 0.3) is 11.3 Å². The van der Waals surface area contributed by atoms with Crippen molar-refractivity contribution in [3.8, 4) is 17.1 Å². The maximum Gasteiger partial charge on any atom is 0.134 e. The van der Waals surface area contributed by atoms with Crippen molar-refractivity contribution in [3.05, 3.63) is 42.2 Å². The third-order valence-electron chi connectivity index (χ3n) is 3.19. The van der Waals surface area contributed by atoms with Gasteiger partial charge in [0, 0.05) is 18.7 Å². The number of nitrogens with zero attached hydrogens (tertiary/aromatic N) is 1. The van der Waals surface area contributed by atoms with E-state index in [0.717, 1.165) is 42.5 Å². The Labute approximate surface area is 132 Å².